The Morgan fingerprint density at radius 3 is 0.797 bits per heavy atom. The van der Waals surface area contributed by atoms with Crippen molar-refractivity contribution in [2.24, 2.45) is 35.5 Å². The number of nitrogens with zero attached hydrogens (tertiary/aromatic N) is 2. The quantitative estimate of drug-likeness (QED) is 0.140. The van der Waals surface area contributed by atoms with Gasteiger partial charge in [-0.2, -0.15) is 0 Å². The van der Waals surface area contributed by atoms with E-state index in [-0.39, 0.29) is 54.6 Å². The zero-order valence-electron chi connectivity index (χ0n) is 80.2. The summed E-state index contributed by atoms with van der Waals surface area (Å²) in [6, 6.07) is 64.3. The van der Waals surface area contributed by atoms with Gasteiger partial charge in [0.25, 0.3) is 0 Å². The zero-order valence-corrected chi connectivity index (χ0v) is 82.2. The van der Waals surface area contributed by atoms with E-state index in [1.165, 1.54) is 146 Å². The van der Waals surface area contributed by atoms with E-state index in [0.29, 0.717) is 46.6 Å². The van der Waals surface area contributed by atoms with E-state index >= 15 is 0 Å². The van der Waals surface area contributed by atoms with Gasteiger partial charge >= 0.3 is 0 Å². The summed E-state index contributed by atoms with van der Waals surface area (Å²) >= 11 is 0. The van der Waals surface area contributed by atoms with Gasteiger partial charge in [-0.1, -0.05) is 344 Å². The van der Waals surface area contributed by atoms with Crippen molar-refractivity contribution in [3.8, 4) is 22.3 Å². The minimum absolute atomic E-state index is 0.0206. The van der Waals surface area contributed by atoms with Crippen molar-refractivity contribution >= 4 is 27.6 Å². The molecule has 0 aliphatic heterocycles. The molecule has 0 heterocycles. The lowest BCUT2D eigenvalue weighted by molar-refractivity contribution is 0.120. The first-order chi connectivity index (χ1) is 54.2. The maximum absolute atomic E-state index is 3.00. The molecule has 8 aliphatic rings. The third kappa shape index (κ3) is 13.3. The molecule has 8 aromatic carbocycles. The molecule has 16 rings (SSSR count). The lowest BCUT2D eigenvalue weighted by Gasteiger charge is -2.58. The number of hydrogen-bond donors (Lipinski definition) is 0. The van der Waals surface area contributed by atoms with Gasteiger partial charge in [-0.3, -0.25) is 0 Å². The van der Waals surface area contributed by atoms with Gasteiger partial charge in [0.05, 0.1) is 10.8 Å². The van der Waals surface area contributed by atoms with Crippen LogP contribution in [0.5, 0.6) is 0 Å². The molecule has 0 bridgehead atoms. The molecular formula is C114H150N2Si2. The van der Waals surface area contributed by atoms with Crippen molar-refractivity contribution < 1.29 is 0 Å². The molecule has 8 aromatic rings. The zero-order chi connectivity index (χ0) is 86.4. The van der Waals surface area contributed by atoms with Crippen LogP contribution in [0.3, 0.4) is 0 Å². The smallest absolute Gasteiger partial charge is 0.127 e. The summed E-state index contributed by atoms with van der Waals surface area (Å²) in [7, 11) is -4.03. The number of allylic oxidation sites excluding steroid dienone is 8. The van der Waals surface area contributed by atoms with Crippen LogP contribution in [0, 0.1) is 49.4 Å². The average Bonchev–Trinajstić information content (AvgIpc) is 1.40. The highest BCUT2D eigenvalue weighted by Crippen LogP contribution is 2.69. The van der Waals surface area contributed by atoms with Gasteiger partial charge in [-0.05, 0) is 312 Å². The number of hydrogen-bond acceptors (Lipinski definition) is 2. The van der Waals surface area contributed by atoms with E-state index < -0.39 is 27.3 Å². The van der Waals surface area contributed by atoms with Gasteiger partial charge in [0, 0.05) is 33.0 Å². The Balaban J connectivity index is 0.000000185. The number of rotatable bonds is 8. The summed E-state index contributed by atoms with van der Waals surface area (Å²) in [5.41, 5.74) is 37.8. The molecule has 0 aromatic heterocycles. The summed E-state index contributed by atoms with van der Waals surface area (Å²) in [6.45, 7) is 88.7. The van der Waals surface area contributed by atoms with Crippen LogP contribution in [0.15, 0.2) is 193 Å². The van der Waals surface area contributed by atoms with E-state index in [1.807, 2.05) is 0 Å². The normalized spacial score (nSPS) is 23.3. The van der Waals surface area contributed by atoms with Crippen molar-refractivity contribution in [3.63, 3.8) is 0 Å². The van der Waals surface area contributed by atoms with E-state index in [1.54, 1.807) is 11.1 Å². The van der Waals surface area contributed by atoms with Crippen molar-refractivity contribution in [1.29, 1.82) is 0 Å². The second kappa shape index (κ2) is 27.8. The topological polar surface area (TPSA) is 6.48 Å². The molecule has 8 atom stereocenters. The third-order valence-electron chi connectivity index (χ3n) is 30.8. The van der Waals surface area contributed by atoms with Crippen LogP contribution in [-0.4, -0.2) is 47.8 Å². The SMILES string of the molecule is Cc1ccc(C2(c3ccc4c(c3)C(C)(C)C3=C4C=CC4CC(C)C([Si](C)(C)N(C(C)(C)C)C(C)(C)C)C34)c3cc(C(C)(C)C)ccc3-c3ccc(C(C)(C)C)cc32)cc1.Cc1ccc(C2(c3ccc4c(c3)C(C)(C)C3=C4C=CC4CC(C)C([Si](C)(C)N(C(C)(C)C)C(C)(C)C)C34)c3cc(C(C)(C)C)ccc3-c3ccc(C(C)(C)C)cc32)cc1. The fourth-order valence-electron chi connectivity index (χ4n) is 27.9. The molecule has 2 saturated carbocycles. The maximum Gasteiger partial charge on any atom is 0.127 e. The molecular weight excluding hydrogens is 1450 g/mol. The molecule has 8 unspecified atom stereocenters. The molecule has 0 saturated heterocycles. The molecule has 0 radical (unpaired) electrons. The molecule has 2 nitrogen and oxygen atoms in total. The van der Waals surface area contributed by atoms with Crippen molar-refractivity contribution in [1.82, 2.24) is 9.13 Å². The Morgan fingerprint density at radius 1 is 0.305 bits per heavy atom. The predicted octanol–water partition coefficient (Wildman–Crippen LogP) is 30.6. The summed E-state index contributed by atoms with van der Waals surface area (Å²) in [4.78, 5) is 0. The predicted molar refractivity (Wildman–Crippen MR) is 517 cm³/mol. The first-order valence-corrected chi connectivity index (χ1v) is 51.8. The van der Waals surface area contributed by atoms with Crippen LogP contribution < -0.4 is 0 Å². The Hall–Kier alpha value is -6.93. The molecule has 0 N–H and O–H groups in total. The van der Waals surface area contributed by atoms with Crippen molar-refractivity contribution in [2.75, 3.05) is 0 Å². The van der Waals surface area contributed by atoms with Crippen LogP contribution >= 0.6 is 0 Å². The highest BCUT2D eigenvalue weighted by atomic mass is 28.3. The summed E-state index contributed by atoms with van der Waals surface area (Å²) < 4.78 is 6.00. The second-order valence-electron chi connectivity index (χ2n) is 48.9. The first-order valence-electron chi connectivity index (χ1n) is 45.8. The van der Waals surface area contributed by atoms with Gasteiger partial charge in [-0.15, -0.1) is 0 Å². The Bertz CT molecular complexity index is 4960. The van der Waals surface area contributed by atoms with Crippen LogP contribution in [0.2, 0.25) is 37.3 Å². The lowest BCUT2D eigenvalue weighted by Crippen LogP contribution is -2.68. The molecule has 2 fully saturated rings. The van der Waals surface area contributed by atoms with Gasteiger partial charge in [0.1, 0.15) is 16.5 Å². The monoisotopic (exact) mass is 1600 g/mol. The minimum Gasteiger partial charge on any atom is -0.314 e. The van der Waals surface area contributed by atoms with Crippen LogP contribution in [0.4, 0.5) is 0 Å². The van der Waals surface area contributed by atoms with E-state index in [4.69, 9.17) is 0 Å². The Morgan fingerprint density at radius 2 is 0.551 bits per heavy atom. The summed E-state index contributed by atoms with van der Waals surface area (Å²) in [5.74, 6) is 3.63. The van der Waals surface area contributed by atoms with E-state index in [9.17, 15) is 0 Å². The molecule has 4 heteroatoms. The highest BCUT2D eigenvalue weighted by Gasteiger charge is 2.63. The van der Waals surface area contributed by atoms with Crippen LogP contribution in [-0.2, 0) is 43.3 Å². The highest BCUT2D eigenvalue weighted by molar-refractivity contribution is 6.77. The number of benzene rings is 8. The third-order valence-corrected chi connectivity index (χ3v) is 40.9. The fourth-order valence-corrected chi connectivity index (χ4v) is 41.1. The molecule has 0 amide bonds. The fraction of sp³-hybridized carbons (Fsp3) is 0.509. The van der Waals surface area contributed by atoms with Crippen molar-refractivity contribution in [2.45, 2.75) is 337 Å². The van der Waals surface area contributed by atoms with Gasteiger partial charge < -0.3 is 9.13 Å². The molecule has 0 spiro atoms. The standard InChI is InChI=1S/2C57H75NSi/c2*1-35-19-22-38(23-20-35)57(47-32-39(52(3,4)5)24-28-42(47)43-29-25-40(33-48(43)57)53(6,7)8)41-26-30-44-45-27-21-37-31-36(2)51(49(37)50(45)56(15,16)46(44)34-41)59(17,18)58(54(9,10)11)55(12,13)14/h2*19-30,32-34,36-37,49,51H,31H2,1-18H3. The minimum atomic E-state index is -2.02. The number of fused-ring (bicyclic) bond motifs is 14. The van der Waals surface area contributed by atoms with E-state index in [2.05, 4.69) is 439 Å². The van der Waals surface area contributed by atoms with Crippen molar-refractivity contribution in [3.05, 3.63) is 293 Å². The maximum atomic E-state index is 3.00. The summed E-state index contributed by atoms with van der Waals surface area (Å²) in [5, 5.41) is 0. The molecule has 8 aliphatic carbocycles. The van der Waals surface area contributed by atoms with Crippen LogP contribution in [0.1, 0.15) is 321 Å². The lowest BCUT2D eigenvalue weighted by atomic mass is 9.65. The van der Waals surface area contributed by atoms with Gasteiger partial charge in [-0.25, -0.2) is 0 Å². The number of aryl methyl sites for hydroxylation is 2. The Labute approximate surface area is 720 Å². The molecule has 118 heavy (non-hydrogen) atoms. The summed E-state index contributed by atoms with van der Waals surface area (Å²) in [6.07, 6.45) is 13.0. The Kier molecular flexibility index (Phi) is 20.3. The molecule has 624 valence electrons. The van der Waals surface area contributed by atoms with Gasteiger partial charge in [0.15, 0.2) is 0 Å². The van der Waals surface area contributed by atoms with Gasteiger partial charge in [0.2, 0.25) is 0 Å². The second-order valence-corrected chi connectivity index (χ2v) is 57.8. The first kappa shape index (κ1) is 86.0. The van der Waals surface area contributed by atoms with E-state index in [0.717, 1.165) is 0 Å². The largest absolute Gasteiger partial charge is 0.314 e. The average molecular weight is 1600 g/mol. The van der Waals surface area contributed by atoms with Crippen LogP contribution in [0.25, 0.3) is 33.4 Å².